The minimum absolute atomic E-state index is 0.205. The molecule has 0 aliphatic carbocycles. The minimum atomic E-state index is -5.65. The van der Waals surface area contributed by atoms with Crippen molar-refractivity contribution >= 4 is 47.8 Å². The Kier molecular flexibility index (Phi) is 9.57. The maximum absolute atomic E-state index is 12.6. The van der Waals surface area contributed by atoms with Gasteiger partial charge in [0, 0.05) is 28.9 Å². The Morgan fingerprint density at radius 2 is 2.02 bits per heavy atom. The summed E-state index contributed by atoms with van der Waals surface area (Å²) in [5, 5.41) is 2.58. The van der Waals surface area contributed by atoms with E-state index in [1.807, 2.05) is 5.09 Å². The van der Waals surface area contributed by atoms with Gasteiger partial charge < -0.3 is 30.1 Å². The number of carbonyl (C=O) groups is 1. The summed E-state index contributed by atoms with van der Waals surface area (Å²) < 4.78 is 45.0. The number of hydrogen-bond acceptors (Lipinski definition) is 10. The van der Waals surface area contributed by atoms with Crippen molar-refractivity contribution in [3.8, 4) is 0 Å². The summed E-state index contributed by atoms with van der Waals surface area (Å²) in [7, 11) is -10.5. The second-order valence-electron chi connectivity index (χ2n) is 9.06. The number of aryl methyl sites for hydroxylation is 1. The van der Waals surface area contributed by atoms with E-state index in [0.29, 0.717) is 10.9 Å². The van der Waals surface area contributed by atoms with Crippen molar-refractivity contribution in [2.45, 2.75) is 31.7 Å². The lowest BCUT2D eigenvalue weighted by atomic mass is 10.1. The Hall–Kier alpha value is -2.72. The number of H-pyrrole nitrogens is 2. The highest BCUT2D eigenvalue weighted by Gasteiger charge is 2.40. The molecule has 0 saturated heterocycles. The van der Waals surface area contributed by atoms with Crippen molar-refractivity contribution in [3.63, 3.8) is 0 Å². The maximum atomic E-state index is 12.6. The van der Waals surface area contributed by atoms with Crippen LogP contribution in [0.5, 0.6) is 0 Å². The van der Waals surface area contributed by atoms with E-state index in [4.69, 9.17) is 22.6 Å². The van der Waals surface area contributed by atoms with E-state index in [1.165, 1.54) is 25.3 Å². The fourth-order valence-electron chi connectivity index (χ4n) is 3.97. The Bertz CT molecular complexity index is 1720. The van der Waals surface area contributed by atoms with Crippen LogP contribution < -0.4 is 27.0 Å². The van der Waals surface area contributed by atoms with E-state index in [9.17, 15) is 38.2 Å². The highest BCUT2D eigenvalue weighted by Crippen LogP contribution is 2.67. The predicted molar refractivity (Wildman–Crippen MR) is 148 cm³/mol. The van der Waals surface area contributed by atoms with Crippen molar-refractivity contribution in [1.82, 2.24) is 19.6 Å². The molecule has 1 aliphatic rings. The number of phosphoric acid groups is 1. The number of carbonyl (C=O) groups excluding carboxylic acids is 1. The monoisotopic (exact) mass is 643 g/mol. The molecule has 7 N–H and O–H groups in total. The van der Waals surface area contributed by atoms with Crippen LogP contribution in [0.3, 0.4) is 0 Å². The molecule has 4 rings (SSSR count). The van der Waals surface area contributed by atoms with Gasteiger partial charge in [-0.3, -0.25) is 23.7 Å². The van der Waals surface area contributed by atoms with Gasteiger partial charge in [0.15, 0.2) is 6.23 Å². The normalized spacial score (nSPS) is 21.9. The Balaban J connectivity index is 1.33. The van der Waals surface area contributed by atoms with Gasteiger partial charge in [-0.05, 0) is 38.9 Å². The summed E-state index contributed by atoms with van der Waals surface area (Å²) in [5.41, 5.74) is 5.51. The first kappa shape index (κ1) is 32.2. The van der Waals surface area contributed by atoms with Crippen LogP contribution in [0.2, 0.25) is 0 Å². The van der Waals surface area contributed by atoms with Crippen LogP contribution in [0, 0.1) is 6.92 Å². The zero-order valence-electron chi connectivity index (χ0n) is 21.7. The fraction of sp³-hybridized carbons (Fsp3) is 0.286. The third-order valence-electron chi connectivity index (χ3n) is 5.84. The Labute approximate surface area is 238 Å². The summed E-state index contributed by atoms with van der Waals surface area (Å²) >= 11 is 0. The number of nitrogens with two attached hydrogens (primary N) is 1. The number of hydrogen-bond donors (Lipinski definition) is 6. The first-order chi connectivity index (χ1) is 19.5. The molecular formula is C21H25BN5O12P3-. The lowest BCUT2D eigenvalue weighted by Gasteiger charge is -2.38. The van der Waals surface area contributed by atoms with Gasteiger partial charge in [-0.1, -0.05) is 24.3 Å². The molecule has 0 bridgehead atoms. The van der Waals surface area contributed by atoms with Gasteiger partial charge in [0.25, 0.3) is 5.56 Å². The standard InChI is InChI=1S/C21H25BN5O12P3/c1-12-10-27(21(30)25-20(12)29)18-7-6-14(37-18)11-36-40(22,31)38-42(34,35)39-41(32,33)26-17(19(23)28)8-13-9-24-16-5-3-2-4-15(13)16/h2-7,9-10,14,17-18,24H,8,11H2,1H3,(H2,23,28)(H,34,35)(H,25,29,30)(H2,26,32,33)/q-1/t14-,17-,18+,40?/m0/s1. The third kappa shape index (κ3) is 8.22. The number of nitrogens with one attached hydrogen (secondary N) is 3. The first-order valence-corrected chi connectivity index (χ1v) is 16.6. The number of fused-ring (bicyclic) bond motifs is 1. The van der Waals surface area contributed by atoms with Crippen molar-refractivity contribution < 1.29 is 46.5 Å². The number of amides is 1. The molecule has 3 heterocycles. The maximum Gasteiger partial charge on any atom is 0.511 e. The molecule has 2 aromatic heterocycles. The van der Waals surface area contributed by atoms with Crippen LogP contribution in [-0.2, 0) is 38.2 Å². The highest BCUT2D eigenvalue weighted by atomic mass is 31.3. The molecule has 225 valence electrons. The van der Waals surface area contributed by atoms with Gasteiger partial charge >= 0.3 is 21.3 Å². The van der Waals surface area contributed by atoms with Crippen LogP contribution in [0.4, 0.5) is 0 Å². The second-order valence-corrected chi connectivity index (χ2v) is 13.9. The summed E-state index contributed by atoms with van der Waals surface area (Å²) in [5.74, 6) is -1.08. The molecule has 42 heavy (non-hydrogen) atoms. The van der Waals surface area contributed by atoms with Crippen LogP contribution in [0.1, 0.15) is 17.4 Å². The quantitative estimate of drug-likeness (QED) is 0.0810. The van der Waals surface area contributed by atoms with Gasteiger partial charge in [-0.2, -0.15) is 8.62 Å². The van der Waals surface area contributed by atoms with Crippen molar-refractivity contribution in [2.24, 2.45) is 5.73 Å². The van der Waals surface area contributed by atoms with E-state index < -0.39 is 65.5 Å². The van der Waals surface area contributed by atoms with E-state index in [-0.39, 0.29) is 12.0 Å². The predicted octanol–water partition coefficient (Wildman–Crippen LogP) is -0.0769. The summed E-state index contributed by atoms with van der Waals surface area (Å²) in [4.78, 5) is 73.3. The third-order valence-corrected chi connectivity index (χ3v) is 10.4. The average molecular weight is 643 g/mol. The number of rotatable bonds is 13. The zero-order chi connectivity index (χ0) is 30.9. The SMILES string of the molecule is [B-][P+]([O-])(OC[C@@H]1C=C[C@H](n2cc(C)c(=O)[nH]c2=O)O1)OP(=O)(O)OP(=O)(O)N[C@@H](Cc1c[nH]c2ccccc12)C(N)=O. The van der Waals surface area contributed by atoms with Gasteiger partial charge in [0.1, 0.15) is 18.8 Å². The zero-order valence-corrected chi connectivity index (χ0v) is 24.4. The molecule has 0 fully saturated rings. The van der Waals surface area contributed by atoms with Gasteiger partial charge in [0.05, 0.1) is 0 Å². The molecular weight excluding hydrogens is 618 g/mol. The minimum Gasteiger partial charge on any atom is -0.675 e. The Morgan fingerprint density at radius 1 is 1.31 bits per heavy atom. The van der Waals surface area contributed by atoms with Crippen LogP contribution >= 0.6 is 23.4 Å². The van der Waals surface area contributed by atoms with Crippen molar-refractivity contribution in [1.29, 1.82) is 0 Å². The fourth-order valence-corrected chi connectivity index (χ4v) is 7.97. The van der Waals surface area contributed by atoms with Crippen LogP contribution in [-0.4, -0.2) is 56.5 Å². The molecule has 3 unspecified atom stereocenters. The molecule has 3 aromatic rings. The van der Waals surface area contributed by atoms with E-state index in [2.05, 4.69) is 18.6 Å². The summed E-state index contributed by atoms with van der Waals surface area (Å²) in [6, 6.07) is 5.47. The smallest absolute Gasteiger partial charge is 0.511 e. The van der Waals surface area contributed by atoms with Crippen molar-refractivity contribution in [3.05, 3.63) is 80.8 Å². The molecule has 17 nitrogen and oxygen atoms in total. The molecule has 1 aromatic carbocycles. The molecule has 1 aliphatic heterocycles. The van der Waals surface area contributed by atoms with Crippen LogP contribution in [0.15, 0.2) is 58.4 Å². The van der Waals surface area contributed by atoms with Crippen molar-refractivity contribution in [2.75, 3.05) is 6.61 Å². The molecule has 6 atom stereocenters. The lowest BCUT2D eigenvalue weighted by Crippen LogP contribution is -2.41. The lowest BCUT2D eigenvalue weighted by molar-refractivity contribution is -0.205. The second kappa shape index (κ2) is 12.5. The van der Waals surface area contributed by atoms with Gasteiger partial charge in [0.2, 0.25) is 5.91 Å². The molecule has 0 spiro atoms. The molecule has 1 amide bonds. The Morgan fingerprint density at radius 3 is 2.74 bits per heavy atom. The summed E-state index contributed by atoms with van der Waals surface area (Å²) in [6.07, 6.45) is 3.49. The number of benzene rings is 1. The number of aromatic amines is 2. The van der Waals surface area contributed by atoms with Gasteiger partial charge in [-0.15, -0.1) is 0 Å². The largest absolute Gasteiger partial charge is 0.675 e. The number of aromatic nitrogens is 3. The average Bonchev–Trinajstić information content (AvgIpc) is 3.50. The van der Waals surface area contributed by atoms with Gasteiger partial charge in [-0.25, -0.2) is 26.6 Å². The van der Waals surface area contributed by atoms with E-state index >= 15 is 0 Å². The number of para-hydroxylation sites is 1. The van der Waals surface area contributed by atoms with Crippen LogP contribution in [0.25, 0.3) is 10.9 Å². The number of ether oxygens (including phenoxy) is 1. The molecule has 21 heteroatoms. The summed E-state index contributed by atoms with van der Waals surface area (Å²) in [6.45, 7) is 0.866. The highest BCUT2D eigenvalue weighted by molar-refractivity contribution is 7.88. The van der Waals surface area contributed by atoms with E-state index in [0.717, 1.165) is 10.1 Å². The number of nitrogens with zero attached hydrogens (tertiary/aromatic N) is 1. The van der Waals surface area contributed by atoms with E-state index in [1.54, 1.807) is 30.5 Å². The first-order valence-electron chi connectivity index (χ1n) is 11.9. The number of primary amides is 1. The molecule has 3 radical (unpaired) electrons. The topological polar surface area (TPSA) is 260 Å². The molecule has 0 saturated carbocycles.